The number of anilines is 1. The van der Waals surface area contributed by atoms with E-state index in [1.807, 2.05) is 12.1 Å². The van der Waals surface area contributed by atoms with Gasteiger partial charge in [-0.3, -0.25) is 0 Å². The maximum Gasteiger partial charge on any atom is 0.109 e. The number of rotatable bonds is 2. The summed E-state index contributed by atoms with van der Waals surface area (Å²) in [5.74, 6) is 1.20. The molecular weight excluding hydrogens is 246 g/mol. The lowest BCUT2D eigenvalue weighted by molar-refractivity contribution is 0.194. The summed E-state index contributed by atoms with van der Waals surface area (Å²) in [5, 5.41) is 0. The molecule has 0 radical (unpaired) electrons. The summed E-state index contributed by atoms with van der Waals surface area (Å²) in [6.45, 7) is 6.96. The Balaban J connectivity index is 2.02. The second-order valence-corrected chi connectivity index (χ2v) is 6.90. The minimum Gasteiger partial charge on any atom is -0.399 e. The molecule has 108 valence electrons. The Morgan fingerprint density at radius 3 is 2.65 bits per heavy atom. The maximum atomic E-state index is 5.89. The van der Waals surface area contributed by atoms with Crippen molar-refractivity contribution in [1.82, 2.24) is 9.55 Å². The molecule has 1 saturated carbocycles. The van der Waals surface area contributed by atoms with Gasteiger partial charge < -0.3 is 10.3 Å². The molecule has 0 unspecified atom stereocenters. The third-order valence-corrected chi connectivity index (χ3v) is 4.78. The van der Waals surface area contributed by atoms with Crippen LogP contribution >= 0.6 is 0 Å². The number of hydrogen-bond acceptors (Lipinski definition) is 2. The molecule has 1 aliphatic rings. The van der Waals surface area contributed by atoms with Gasteiger partial charge in [0.1, 0.15) is 5.82 Å². The van der Waals surface area contributed by atoms with Gasteiger partial charge in [-0.05, 0) is 49.3 Å². The predicted octanol–water partition coefficient (Wildman–Crippen LogP) is 4.32. The SMILES string of the molecule is CCc1nc2cc(N)ccc2n1C1CCC(C)(C)CC1. The summed E-state index contributed by atoms with van der Waals surface area (Å²) in [6.07, 6.45) is 6.10. The smallest absolute Gasteiger partial charge is 0.109 e. The van der Waals surface area contributed by atoms with Gasteiger partial charge in [0.05, 0.1) is 11.0 Å². The molecule has 2 aromatic rings. The van der Waals surface area contributed by atoms with Crippen molar-refractivity contribution in [2.45, 2.75) is 58.9 Å². The number of aryl methyl sites for hydroxylation is 1. The fraction of sp³-hybridized carbons (Fsp3) is 0.588. The van der Waals surface area contributed by atoms with Gasteiger partial charge in [-0.25, -0.2) is 4.98 Å². The van der Waals surface area contributed by atoms with Crippen molar-refractivity contribution >= 4 is 16.7 Å². The first kappa shape index (κ1) is 13.5. The van der Waals surface area contributed by atoms with Crippen molar-refractivity contribution in [2.24, 2.45) is 5.41 Å². The van der Waals surface area contributed by atoms with Crippen LogP contribution in [0.2, 0.25) is 0 Å². The van der Waals surface area contributed by atoms with E-state index in [2.05, 4.69) is 31.4 Å². The number of imidazole rings is 1. The Bertz CT molecular complexity index is 614. The Morgan fingerprint density at radius 2 is 2.00 bits per heavy atom. The molecule has 3 nitrogen and oxygen atoms in total. The molecule has 0 aliphatic heterocycles. The highest BCUT2D eigenvalue weighted by atomic mass is 15.1. The van der Waals surface area contributed by atoms with E-state index in [4.69, 9.17) is 10.7 Å². The van der Waals surface area contributed by atoms with Crippen LogP contribution in [0.4, 0.5) is 5.69 Å². The lowest BCUT2D eigenvalue weighted by Crippen LogP contribution is -2.24. The van der Waals surface area contributed by atoms with Gasteiger partial charge in [-0.15, -0.1) is 0 Å². The van der Waals surface area contributed by atoms with Crippen molar-refractivity contribution in [3.8, 4) is 0 Å². The van der Waals surface area contributed by atoms with Crippen molar-refractivity contribution < 1.29 is 0 Å². The normalized spacial score (nSPS) is 19.6. The minimum atomic E-state index is 0.504. The average Bonchev–Trinajstić information content (AvgIpc) is 2.76. The maximum absolute atomic E-state index is 5.89. The second kappa shape index (κ2) is 4.80. The fourth-order valence-electron chi connectivity index (χ4n) is 3.46. The highest BCUT2D eigenvalue weighted by Crippen LogP contribution is 2.41. The van der Waals surface area contributed by atoms with Crippen LogP contribution in [0.1, 0.15) is 58.3 Å². The molecule has 3 heteroatoms. The van der Waals surface area contributed by atoms with Gasteiger partial charge in [0.15, 0.2) is 0 Å². The molecule has 0 amide bonds. The molecule has 0 bridgehead atoms. The minimum absolute atomic E-state index is 0.504. The van der Waals surface area contributed by atoms with Crippen LogP contribution in [0.5, 0.6) is 0 Å². The van der Waals surface area contributed by atoms with Crippen LogP contribution < -0.4 is 5.73 Å². The number of nitrogen functional groups attached to an aromatic ring is 1. The molecule has 1 fully saturated rings. The van der Waals surface area contributed by atoms with Crippen molar-refractivity contribution in [3.63, 3.8) is 0 Å². The van der Waals surface area contributed by atoms with E-state index in [1.54, 1.807) is 0 Å². The average molecular weight is 271 g/mol. The Kier molecular flexibility index (Phi) is 3.23. The Morgan fingerprint density at radius 1 is 1.30 bits per heavy atom. The number of benzene rings is 1. The zero-order valence-electron chi connectivity index (χ0n) is 12.8. The van der Waals surface area contributed by atoms with Crippen molar-refractivity contribution in [2.75, 3.05) is 5.73 Å². The first-order valence-electron chi connectivity index (χ1n) is 7.76. The highest BCUT2D eigenvalue weighted by Gasteiger charge is 2.29. The molecule has 0 saturated heterocycles. The van der Waals surface area contributed by atoms with Crippen LogP contribution in [0.25, 0.3) is 11.0 Å². The number of hydrogen-bond donors (Lipinski definition) is 1. The topological polar surface area (TPSA) is 43.8 Å². The summed E-state index contributed by atoms with van der Waals surface area (Å²) in [6, 6.07) is 6.73. The largest absolute Gasteiger partial charge is 0.399 e. The van der Waals surface area contributed by atoms with E-state index < -0.39 is 0 Å². The van der Waals surface area contributed by atoms with Crippen LogP contribution in [-0.4, -0.2) is 9.55 Å². The zero-order chi connectivity index (χ0) is 14.3. The zero-order valence-corrected chi connectivity index (χ0v) is 12.8. The first-order chi connectivity index (χ1) is 9.50. The molecule has 0 spiro atoms. The van der Waals surface area contributed by atoms with Gasteiger partial charge in [-0.2, -0.15) is 0 Å². The van der Waals surface area contributed by atoms with Gasteiger partial charge in [-0.1, -0.05) is 20.8 Å². The molecule has 3 rings (SSSR count). The number of nitrogens with zero attached hydrogens (tertiary/aromatic N) is 2. The summed E-state index contributed by atoms with van der Waals surface area (Å²) < 4.78 is 2.48. The quantitative estimate of drug-likeness (QED) is 0.826. The van der Waals surface area contributed by atoms with Gasteiger partial charge in [0.25, 0.3) is 0 Å². The molecule has 2 N–H and O–H groups in total. The van der Waals surface area contributed by atoms with E-state index in [-0.39, 0.29) is 0 Å². The van der Waals surface area contributed by atoms with E-state index in [9.17, 15) is 0 Å². The lowest BCUT2D eigenvalue weighted by atomic mass is 9.75. The second-order valence-electron chi connectivity index (χ2n) is 6.90. The van der Waals surface area contributed by atoms with E-state index in [0.29, 0.717) is 11.5 Å². The molecule has 1 aromatic carbocycles. The lowest BCUT2D eigenvalue weighted by Gasteiger charge is -2.35. The van der Waals surface area contributed by atoms with Crippen LogP contribution in [0.3, 0.4) is 0 Å². The number of nitrogens with two attached hydrogens (primary N) is 1. The predicted molar refractivity (Wildman–Crippen MR) is 84.8 cm³/mol. The molecule has 1 heterocycles. The van der Waals surface area contributed by atoms with E-state index >= 15 is 0 Å². The highest BCUT2D eigenvalue weighted by molar-refractivity contribution is 5.79. The summed E-state index contributed by atoms with van der Waals surface area (Å²) >= 11 is 0. The van der Waals surface area contributed by atoms with Gasteiger partial charge >= 0.3 is 0 Å². The van der Waals surface area contributed by atoms with Crippen LogP contribution in [0, 0.1) is 5.41 Å². The summed E-state index contributed by atoms with van der Waals surface area (Å²) in [4.78, 5) is 4.79. The molecular formula is C17H25N3. The third kappa shape index (κ3) is 2.30. The molecule has 0 atom stereocenters. The van der Waals surface area contributed by atoms with Crippen LogP contribution in [0.15, 0.2) is 18.2 Å². The molecule has 1 aromatic heterocycles. The monoisotopic (exact) mass is 271 g/mol. The fourth-order valence-corrected chi connectivity index (χ4v) is 3.46. The molecule has 20 heavy (non-hydrogen) atoms. The number of aromatic nitrogens is 2. The van der Waals surface area contributed by atoms with Crippen molar-refractivity contribution in [3.05, 3.63) is 24.0 Å². The van der Waals surface area contributed by atoms with E-state index in [1.165, 1.54) is 37.0 Å². The first-order valence-corrected chi connectivity index (χ1v) is 7.76. The summed E-state index contributed by atoms with van der Waals surface area (Å²) in [7, 11) is 0. The van der Waals surface area contributed by atoms with Crippen LogP contribution in [-0.2, 0) is 6.42 Å². The van der Waals surface area contributed by atoms with Crippen molar-refractivity contribution in [1.29, 1.82) is 0 Å². The van der Waals surface area contributed by atoms with Gasteiger partial charge in [0.2, 0.25) is 0 Å². The third-order valence-electron chi connectivity index (χ3n) is 4.78. The Hall–Kier alpha value is -1.51. The van der Waals surface area contributed by atoms with E-state index in [0.717, 1.165) is 17.6 Å². The summed E-state index contributed by atoms with van der Waals surface area (Å²) in [5.41, 5.74) is 9.49. The molecule has 1 aliphatic carbocycles. The van der Waals surface area contributed by atoms with Gasteiger partial charge in [0, 0.05) is 18.2 Å². The number of fused-ring (bicyclic) bond motifs is 1. The standard InChI is InChI=1S/C17H25N3/c1-4-16-19-14-11-12(18)5-6-15(14)20(16)13-7-9-17(2,3)10-8-13/h5-6,11,13H,4,7-10,18H2,1-3H3. The Labute approximate surface area is 121 Å².